The highest BCUT2D eigenvalue weighted by molar-refractivity contribution is 5.72. The number of ether oxygens (including phenoxy) is 1. The molecule has 2 atom stereocenters. The molecule has 68 valence electrons. The molecular weight excluding hydrogens is 152 g/mol. The minimum atomic E-state index is -0.0567. The van der Waals surface area contributed by atoms with Crippen LogP contribution in [0.4, 0.5) is 0 Å². The highest BCUT2D eigenvalue weighted by atomic mass is 16.5. The van der Waals surface area contributed by atoms with E-state index in [1.54, 1.807) is 0 Å². The monoisotopic (exact) mass is 168 g/mol. The molecule has 0 saturated carbocycles. The van der Waals surface area contributed by atoms with Crippen LogP contribution in [0.5, 0.6) is 0 Å². The highest BCUT2D eigenvalue weighted by Crippen LogP contribution is 2.23. The number of esters is 1. The summed E-state index contributed by atoms with van der Waals surface area (Å²) in [6, 6.07) is 0. The van der Waals surface area contributed by atoms with Crippen LogP contribution in [0.25, 0.3) is 0 Å². The maximum Gasteiger partial charge on any atom is 0.308 e. The zero-order valence-electron chi connectivity index (χ0n) is 7.80. The third kappa shape index (κ3) is 2.10. The Kier molecular flexibility index (Phi) is 2.90. The first-order valence-corrected chi connectivity index (χ1v) is 4.43. The van der Waals surface area contributed by atoms with Crippen LogP contribution in [-0.2, 0) is 9.53 Å². The van der Waals surface area contributed by atoms with Crippen molar-refractivity contribution in [1.29, 1.82) is 0 Å². The van der Waals surface area contributed by atoms with E-state index < -0.39 is 0 Å². The van der Waals surface area contributed by atoms with Gasteiger partial charge in [-0.25, -0.2) is 0 Å². The summed E-state index contributed by atoms with van der Waals surface area (Å²) in [5.41, 5.74) is 1.12. The van der Waals surface area contributed by atoms with Crippen molar-refractivity contribution in [2.75, 3.05) is 6.61 Å². The molecule has 0 spiro atoms. The second-order valence-corrected chi connectivity index (χ2v) is 3.65. The van der Waals surface area contributed by atoms with Gasteiger partial charge in [-0.1, -0.05) is 19.1 Å². The summed E-state index contributed by atoms with van der Waals surface area (Å²) < 4.78 is 5.09. The summed E-state index contributed by atoms with van der Waals surface area (Å²) in [4.78, 5) is 11.1. The van der Waals surface area contributed by atoms with Crippen LogP contribution in [0.15, 0.2) is 12.2 Å². The number of hydrogen-bond acceptors (Lipinski definition) is 2. The summed E-state index contributed by atoms with van der Waals surface area (Å²) in [6.45, 7) is 8.32. The number of carbonyl (C=O) groups is 1. The van der Waals surface area contributed by atoms with Gasteiger partial charge < -0.3 is 4.74 Å². The van der Waals surface area contributed by atoms with Crippen molar-refractivity contribution in [3.8, 4) is 0 Å². The molecule has 0 aromatic rings. The predicted octanol–water partition coefficient (Wildman–Crippen LogP) is 2.15. The minimum Gasteiger partial charge on any atom is -0.465 e. The van der Waals surface area contributed by atoms with E-state index >= 15 is 0 Å². The van der Waals surface area contributed by atoms with E-state index in [0.29, 0.717) is 12.5 Å². The van der Waals surface area contributed by atoms with Crippen LogP contribution in [0.3, 0.4) is 0 Å². The summed E-state index contributed by atoms with van der Waals surface area (Å²) in [5, 5.41) is 0. The average molecular weight is 168 g/mol. The first-order valence-electron chi connectivity index (χ1n) is 4.43. The number of hydrogen-bond donors (Lipinski definition) is 0. The molecule has 1 rings (SSSR count). The number of carbonyl (C=O) groups excluding carboxylic acids is 1. The lowest BCUT2D eigenvalue weighted by molar-refractivity contribution is -0.147. The Bertz CT molecular complexity index is 196. The lowest BCUT2D eigenvalue weighted by Crippen LogP contribution is -2.13. The van der Waals surface area contributed by atoms with Crippen molar-refractivity contribution in [3.63, 3.8) is 0 Å². The molecule has 1 aliphatic rings. The molecule has 1 aliphatic heterocycles. The molecule has 1 fully saturated rings. The molecule has 0 unspecified atom stereocenters. The highest BCUT2D eigenvalue weighted by Gasteiger charge is 2.23. The van der Waals surface area contributed by atoms with Crippen LogP contribution in [-0.4, -0.2) is 12.6 Å². The average Bonchev–Trinajstić information content (AvgIpc) is 2.16. The molecule has 0 aliphatic carbocycles. The Balaban J connectivity index is 2.55. The molecule has 0 N–H and O–H groups in total. The predicted molar refractivity (Wildman–Crippen MR) is 47.7 cm³/mol. The largest absolute Gasteiger partial charge is 0.465 e. The molecular formula is C10H16O2. The number of rotatable bonds is 1. The van der Waals surface area contributed by atoms with Crippen molar-refractivity contribution in [3.05, 3.63) is 12.2 Å². The van der Waals surface area contributed by atoms with Gasteiger partial charge in [-0.05, 0) is 19.8 Å². The minimum absolute atomic E-state index is 0.0567. The van der Waals surface area contributed by atoms with Crippen LogP contribution in [0.1, 0.15) is 26.7 Å². The number of cyclic esters (lactones) is 1. The van der Waals surface area contributed by atoms with Gasteiger partial charge in [0.15, 0.2) is 0 Å². The summed E-state index contributed by atoms with van der Waals surface area (Å²) in [5.74, 6) is 0.381. The zero-order valence-corrected chi connectivity index (χ0v) is 7.80. The van der Waals surface area contributed by atoms with Crippen LogP contribution in [0.2, 0.25) is 0 Å². The van der Waals surface area contributed by atoms with E-state index in [1.807, 2.05) is 13.8 Å². The van der Waals surface area contributed by atoms with Gasteiger partial charge in [0.1, 0.15) is 0 Å². The normalized spacial score (nSPS) is 30.7. The molecule has 2 heteroatoms. The van der Waals surface area contributed by atoms with Gasteiger partial charge >= 0.3 is 5.97 Å². The first kappa shape index (κ1) is 9.30. The molecule has 0 amide bonds. The molecule has 12 heavy (non-hydrogen) atoms. The third-order valence-electron chi connectivity index (χ3n) is 2.47. The van der Waals surface area contributed by atoms with Crippen molar-refractivity contribution in [2.24, 2.45) is 11.8 Å². The Labute approximate surface area is 73.6 Å². The first-order chi connectivity index (χ1) is 5.61. The van der Waals surface area contributed by atoms with Gasteiger partial charge in [0, 0.05) is 5.92 Å². The van der Waals surface area contributed by atoms with Gasteiger partial charge in [-0.15, -0.1) is 0 Å². The standard InChI is InChI=1S/C10H16O2/c1-7(2)9-5-4-8(3)10(11)12-6-9/h8-9H,1,4-6H2,2-3H3/t8-,9-/m1/s1. The fourth-order valence-corrected chi connectivity index (χ4v) is 1.37. The van der Waals surface area contributed by atoms with Gasteiger partial charge in [-0.3, -0.25) is 4.79 Å². The van der Waals surface area contributed by atoms with E-state index in [1.165, 1.54) is 0 Å². The Morgan fingerprint density at radius 1 is 1.58 bits per heavy atom. The second-order valence-electron chi connectivity index (χ2n) is 3.65. The summed E-state index contributed by atoms with van der Waals surface area (Å²) in [7, 11) is 0. The maximum atomic E-state index is 11.1. The van der Waals surface area contributed by atoms with E-state index in [0.717, 1.165) is 18.4 Å². The van der Waals surface area contributed by atoms with E-state index in [2.05, 4.69) is 6.58 Å². The fraction of sp³-hybridized carbons (Fsp3) is 0.700. The van der Waals surface area contributed by atoms with Crippen molar-refractivity contribution < 1.29 is 9.53 Å². The smallest absolute Gasteiger partial charge is 0.308 e. The Morgan fingerprint density at radius 3 is 2.83 bits per heavy atom. The van der Waals surface area contributed by atoms with Crippen molar-refractivity contribution >= 4 is 5.97 Å². The molecule has 2 nitrogen and oxygen atoms in total. The quantitative estimate of drug-likeness (QED) is 0.443. The molecule has 0 radical (unpaired) electrons. The van der Waals surface area contributed by atoms with Gasteiger partial charge in [-0.2, -0.15) is 0 Å². The van der Waals surface area contributed by atoms with Gasteiger partial charge in [0.25, 0.3) is 0 Å². The summed E-state index contributed by atoms with van der Waals surface area (Å²) >= 11 is 0. The molecule has 1 saturated heterocycles. The molecule has 0 aromatic heterocycles. The van der Waals surface area contributed by atoms with E-state index in [9.17, 15) is 4.79 Å². The second kappa shape index (κ2) is 3.74. The van der Waals surface area contributed by atoms with E-state index in [-0.39, 0.29) is 11.9 Å². The molecule has 1 heterocycles. The van der Waals surface area contributed by atoms with E-state index in [4.69, 9.17) is 4.74 Å². The lowest BCUT2D eigenvalue weighted by atomic mass is 9.94. The van der Waals surface area contributed by atoms with Crippen LogP contribution >= 0.6 is 0 Å². The lowest BCUT2D eigenvalue weighted by Gasteiger charge is -2.11. The van der Waals surface area contributed by atoms with Gasteiger partial charge in [0.2, 0.25) is 0 Å². The molecule has 0 bridgehead atoms. The topological polar surface area (TPSA) is 26.3 Å². The van der Waals surface area contributed by atoms with Crippen molar-refractivity contribution in [1.82, 2.24) is 0 Å². The SMILES string of the molecule is C=C(C)[C@@H]1CC[C@@H](C)C(=O)OC1. The third-order valence-corrected chi connectivity index (χ3v) is 2.47. The Hall–Kier alpha value is -0.790. The van der Waals surface area contributed by atoms with Crippen LogP contribution in [0, 0.1) is 11.8 Å². The zero-order chi connectivity index (χ0) is 9.14. The van der Waals surface area contributed by atoms with Crippen molar-refractivity contribution in [2.45, 2.75) is 26.7 Å². The fourth-order valence-electron chi connectivity index (χ4n) is 1.37. The molecule has 0 aromatic carbocycles. The summed E-state index contributed by atoms with van der Waals surface area (Å²) in [6.07, 6.45) is 1.96. The maximum absolute atomic E-state index is 11.1. The van der Waals surface area contributed by atoms with Crippen LogP contribution < -0.4 is 0 Å². The van der Waals surface area contributed by atoms with Gasteiger partial charge in [0.05, 0.1) is 12.5 Å². The Morgan fingerprint density at radius 2 is 2.25 bits per heavy atom.